The summed E-state index contributed by atoms with van der Waals surface area (Å²) in [5.74, 6) is -0.839. The van der Waals surface area contributed by atoms with Crippen molar-refractivity contribution in [3.05, 3.63) is 24.0 Å². The zero-order chi connectivity index (χ0) is 15.6. The van der Waals surface area contributed by atoms with E-state index in [4.69, 9.17) is 0 Å². The Hall–Kier alpha value is -1.47. The molecule has 0 spiro atoms. The minimum absolute atomic E-state index is 0.0493. The molecule has 21 heavy (non-hydrogen) atoms. The summed E-state index contributed by atoms with van der Waals surface area (Å²) in [5.41, 5.74) is -0.134. The molecular weight excluding hydrogens is 295 g/mol. The van der Waals surface area contributed by atoms with Gasteiger partial charge in [0.25, 0.3) is 0 Å². The first-order valence-electron chi connectivity index (χ1n) is 6.89. The van der Waals surface area contributed by atoms with E-state index in [9.17, 15) is 17.6 Å². The first-order valence-corrected chi connectivity index (χ1v) is 8.37. The van der Waals surface area contributed by atoms with Crippen molar-refractivity contribution in [1.29, 1.82) is 0 Å². The fourth-order valence-corrected chi connectivity index (χ4v) is 3.95. The van der Waals surface area contributed by atoms with E-state index in [1.807, 2.05) is 6.92 Å². The maximum absolute atomic E-state index is 13.6. The highest BCUT2D eigenvalue weighted by molar-refractivity contribution is 7.89. The van der Waals surface area contributed by atoms with Crippen LogP contribution in [0, 0.1) is 11.7 Å². The summed E-state index contributed by atoms with van der Waals surface area (Å²) < 4.78 is 40.9. The van der Waals surface area contributed by atoms with Crippen molar-refractivity contribution < 1.29 is 17.6 Å². The van der Waals surface area contributed by atoms with Gasteiger partial charge in [-0.2, -0.15) is 0 Å². The number of carbonyl (C=O) groups excluding carboxylic acids is 1. The van der Waals surface area contributed by atoms with Gasteiger partial charge in [0.05, 0.1) is 10.6 Å². The first kappa shape index (κ1) is 15.9. The summed E-state index contributed by atoms with van der Waals surface area (Å²) in [6.07, 6.45) is 2.79. The lowest BCUT2D eigenvalue weighted by Crippen LogP contribution is -2.36. The highest BCUT2D eigenvalue weighted by atomic mass is 32.2. The van der Waals surface area contributed by atoms with Crippen LogP contribution in [0.1, 0.15) is 33.1 Å². The lowest BCUT2D eigenvalue weighted by molar-refractivity contribution is -0.114. The predicted octanol–water partition coefficient (Wildman–Crippen LogP) is 2.25. The molecule has 2 N–H and O–H groups in total. The van der Waals surface area contributed by atoms with Gasteiger partial charge in [0.1, 0.15) is 5.82 Å². The van der Waals surface area contributed by atoms with Crippen LogP contribution in [0.2, 0.25) is 0 Å². The number of benzene rings is 1. The summed E-state index contributed by atoms with van der Waals surface area (Å²) in [6.45, 7) is 3.24. The molecule has 1 fully saturated rings. The molecule has 1 aromatic rings. The predicted molar refractivity (Wildman–Crippen MR) is 77.8 cm³/mol. The standard InChI is InChI=1S/C14H19FN2O3S/c1-9-4-3-5-13(9)17-21(19,20)11-6-7-12(15)14(8-11)16-10(2)18/h6-9,13,17H,3-5H2,1-2H3,(H,16,18)/t9-,13-/m0/s1. The number of hydrogen-bond acceptors (Lipinski definition) is 3. The van der Waals surface area contributed by atoms with Crippen LogP contribution in [0.4, 0.5) is 10.1 Å². The molecule has 0 heterocycles. The molecule has 7 heteroatoms. The van der Waals surface area contributed by atoms with E-state index in [0.29, 0.717) is 0 Å². The Morgan fingerprint density at radius 2 is 2.05 bits per heavy atom. The second-order valence-electron chi connectivity index (χ2n) is 5.46. The fraction of sp³-hybridized carbons (Fsp3) is 0.500. The van der Waals surface area contributed by atoms with Crippen LogP contribution >= 0.6 is 0 Å². The van der Waals surface area contributed by atoms with Crippen molar-refractivity contribution in [2.45, 2.75) is 44.0 Å². The van der Waals surface area contributed by atoms with E-state index in [1.165, 1.54) is 13.0 Å². The highest BCUT2D eigenvalue weighted by Gasteiger charge is 2.28. The number of hydrogen-bond donors (Lipinski definition) is 2. The number of halogens is 1. The van der Waals surface area contributed by atoms with Crippen molar-refractivity contribution in [2.24, 2.45) is 5.92 Å². The molecule has 0 aromatic heterocycles. The van der Waals surface area contributed by atoms with Gasteiger partial charge in [0.15, 0.2) is 0 Å². The van der Waals surface area contributed by atoms with Crippen LogP contribution in [0.3, 0.4) is 0 Å². The van der Waals surface area contributed by atoms with Gasteiger partial charge in [0.2, 0.25) is 15.9 Å². The lowest BCUT2D eigenvalue weighted by atomic mass is 10.1. The van der Waals surface area contributed by atoms with Crippen LogP contribution in [0.25, 0.3) is 0 Å². The smallest absolute Gasteiger partial charge is 0.240 e. The van der Waals surface area contributed by atoms with Gasteiger partial charge in [-0.3, -0.25) is 4.79 Å². The van der Waals surface area contributed by atoms with E-state index < -0.39 is 21.7 Å². The van der Waals surface area contributed by atoms with E-state index >= 15 is 0 Å². The van der Waals surface area contributed by atoms with Gasteiger partial charge in [-0.15, -0.1) is 0 Å². The number of amides is 1. The minimum atomic E-state index is -3.72. The Morgan fingerprint density at radius 1 is 1.33 bits per heavy atom. The maximum Gasteiger partial charge on any atom is 0.240 e. The van der Waals surface area contributed by atoms with E-state index in [1.54, 1.807) is 0 Å². The third kappa shape index (κ3) is 3.79. The van der Waals surface area contributed by atoms with Crippen LogP contribution in [0.15, 0.2) is 23.1 Å². The summed E-state index contributed by atoms with van der Waals surface area (Å²) in [6, 6.07) is 3.28. The molecular formula is C14H19FN2O3S. The molecule has 0 saturated heterocycles. The normalized spacial score (nSPS) is 22.2. The van der Waals surface area contributed by atoms with Gasteiger partial charge < -0.3 is 5.32 Å². The summed E-state index contributed by atoms with van der Waals surface area (Å²) in [7, 11) is -3.72. The van der Waals surface area contributed by atoms with Crippen molar-refractivity contribution in [3.8, 4) is 0 Å². The Kier molecular flexibility index (Phi) is 4.63. The second-order valence-corrected chi connectivity index (χ2v) is 7.17. The van der Waals surface area contributed by atoms with Crippen molar-refractivity contribution in [1.82, 2.24) is 4.72 Å². The summed E-state index contributed by atoms with van der Waals surface area (Å²) in [4.78, 5) is 11.0. The molecule has 1 amide bonds. The third-order valence-electron chi connectivity index (χ3n) is 3.73. The highest BCUT2D eigenvalue weighted by Crippen LogP contribution is 2.27. The van der Waals surface area contributed by atoms with Gasteiger partial charge in [-0.1, -0.05) is 13.3 Å². The van der Waals surface area contributed by atoms with E-state index in [0.717, 1.165) is 31.4 Å². The molecule has 2 rings (SSSR count). The maximum atomic E-state index is 13.6. The average Bonchev–Trinajstić information content (AvgIpc) is 2.76. The van der Waals surface area contributed by atoms with E-state index in [2.05, 4.69) is 10.0 Å². The molecule has 0 aliphatic heterocycles. The van der Waals surface area contributed by atoms with Crippen LogP contribution in [-0.2, 0) is 14.8 Å². The molecule has 1 saturated carbocycles. The SMILES string of the molecule is CC(=O)Nc1cc(S(=O)(=O)N[C@H]2CCC[C@@H]2C)ccc1F. The molecule has 0 radical (unpaired) electrons. The van der Waals surface area contributed by atoms with Gasteiger partial charge in [0, 0.05) is 13.0 Å². The zero-order valence-electron chi connectivity index (χ0n) is 12.0. The van der Waals surface area contributed by atoms with Crippen LogP contribution in [0.5, 0.6) is 0 Å². The van der Waals surface area contributed by atoms with Crippen LogP contribution < -0.4 is 10.0 Å². The Morgan fingerprint density at radius 3 is 2.62 bits per heavy atom. The van der Waals surface area contributed by atoms with Gasteiger partial charge >= 0.3 is 0 Å². The molecule has 1 aliphatic carbocycles. The summed E-state index contributed by atoms with van der Waals surface area (Å²) >= 11 is 0. The molecule has 0 bridgehead atoms. The molecule has 116 valence electrons. The second kappa shape index (κ2) is 6.11. The lowest BCUT2D eigenvalue weighted by Gasteiger charge is -2.17. The van der Waals surface area contributed by atoms with Gasteiger partial charge in [-0.25, -0.2) is 17.5 Å². The Labute approximate surface area is 124 Å². The van der Waals surface area contributed by atoms with E-state index in [-0.39, 0.29) is 22.5 Å². The number of nitrogens with one attached hydrogen (secondary N) is 2. The molecule has 5 nitrogen and oxygen atoms in total. The Bertz CT molecular complexity index is 646. The average molecular weight is 314 g/mol. The molecule has 1 aromatic carbocycles. The van der Waals surface area contributed by atoms with Crippen molar-refractivity contribution in [3.63, 3.8) is 0 Å². The Balaban J connectivity index is 2.25. The summed E-state index contributed by atoms with van der Waals surface area (Å²) in [5, 5.41) is 2.28. The number of rotatable bonds is 4. The first-order chi connectivity index (χ1) is 9.79. The monoisotopic (exact) mass is 314 g/mol. The quantitative estimate of drug-likeness (QED) is 0.895. The largest absolute Gasteiger partial charge is 0.324 e. The number of sulfonamides is 1. The molecule has 2 atom stereocenters. The zero-order valence-corrected chi connectivity index (χ0v) is 12.8. The van der Waals surface area contributed by atoms with Crippen LogP contribution in [-0.4, -0.2) is 20.4 Å². The fourth-order valence-electron chi connectivity index (χ4n) is 2.54. The molecule has 0 unspecified atom stereocenters. The minimum Gasteiger partial charge on any atom is -0.324 e. The van der Waals surface area contributed by atoms with Crippen molar-refractivity contribution in [2.75, 3.05) is 5.32 Å². The topological polar surface area (TPSA) is 75.3 Å². The number of anilines is 1. The van der Waals surface area contributed by atoms with Crippen molar-refractivity contribution >= 4 is 21.6 Å². The molecule has 1 aliphatic rings. The van der Waals surface area contributed by atoms with Gasteiger partial charge in [-0.05, 0) is 37.0 Å². The number of carbonyl (C=O) groups is 1. The third-order valence-corrected chi connectivity index (χ3v) is 5.21.